The van der Waals surface area contributed by atoms with Crippen LogP contribution in [-0.2, 0) is 16.0 Å². The molecule has 1 rings (SSSR count). The molecule has 0 saturated heterocycles. The van der Waals surface area contributed by atoms with Gasteiger partial charge in [-0.05, 0) is 18.5 Å². The molecule has 0 bridgehead atoms. The second-order valence-corrected chi connectivity index (χ2v) is 3.92. The van der Waals surface area contributed by atoms with Gasteiger partial charge in [0.05, 0.1) is 24.3 Å². The molecule has 1 aromatic rings. The van der Waals surface area contributed by atoms with Crippen LogP contribution in [0.25, 0.3) is 0 Å². The van der Waals surface area contributed by atoms with Crippen LogP contribution in [0.2, 0.25) is 0 Å². The predicted octanol–water partition coefficient (Wildman–Crippen LogP) is 0.650. The molecule has 1 aromatic heterocycles. The highest BCUT2D eigenvalue weighted by Gasteiger charge is 2.21. The third kappa shape index (κ3) is 3.16. The van der Waals surface area contributed by atoms with Gasteiger partial charge in [0.2, 0.25) is 0 Å². The second-order valence-electron chi connectivity index (χ2n) is 3.14. The molecule has 1 amide bonds. The van der Waals surface area contributed by atoms with E-state index in [0.29, 0.717) is 22.9 Å². The lowest BCUT2D eigenvalue weighted by Gasteiger charge is -2.04. The molecular formula is C10H15N3O3S. The Labute approximate surface area is 104 Å². The first kappa shape index (κ1) is 13.4. The number of carbonyl (C=O) groups is 2. The number of nitrogens with one attached hydrogen (secondary N) is 2. The van der Waals surface area contributed by atoms with Crippen LogP contribution in [0.5, 0.6) is 0 Å². The van der Waals surface area contributed by atoms with Gasteiger partial charge in [-0.2, -0.15) is 4.37 Å². The minimum Gasteiger partial charge on any atom is -0.466 e. The van der Waals surface area contributed by atoms with Gasteiger partial charge in [-0.15, -0.1) is 0 Å². The highest BCUT2D eigenvalue weighted by molar-refractivity contribution is 7.10. The first-order valence-corrected chi connectivity index (χ1v) is 5.95. The van der Waals surface area contributed by atoms with Crippen molar-refractivity contribution in [1.29, 1.82) is 0 Å². The van der Waals surface area contributed by atoms with E-state index in [4.69, 9.17) is 4.74 Å². The number of carbonyl (C=O) groups excluding carboxylic acids is 2. The Kier molecular flexibility index (Phi) is 4.89. The Morgan fingerprint density at radius 2 is 2.12 bits per heavy atom. The van der Waals surface area contributed by atoms with E-state index in [0.717, 1.165) is 11.5 Å². The molecule has 0 saturated carbocycles. The molecule has 0 radical (unpaired) electrons. The third-order valence-electron chi connectivity index (χ3n) is 2.06. The summed E-state index contributed by atoms with van der Waals surface area (Å²) in [6, 6.07) is 0. The summed E-state index contributed by atoms with van der Waals surface area (Å²) < 4.78 is 8.93. The van der Waals surface area contributed by atoms with Crippen LogP contribution in [0.1, 0.15) is 23.0 Å². The van der Waals surface area contributed by atoms with Crippen molar-refractivity contribution in [2.24, 2.45) is 0 Å². The van der Waals surface area contributed by atoms with E-state index in [9.17, 15) is 9.59 Å². The summed E-state index contributed by atoms with van der Waals surface area (Å²) in [4.78, 5) is 23.0. The number of nitrogens with zero attached hydrogens (tertiary/aromatic N) is 1. The van der Waals surface area contributed by atoms with Gasteiger partial charge in [-0.3, -0.25) is 9.59 Å². The normalized spacial score (nSPS) is 9.82. The lowest BCUT2D eigenvalue weighted by molar-refractivity contribution is -0.142. The van der Waals surface area contributed by atoms with E-state index < -0.39 is 0 Å². The smallest absolute Gasteiger partial charge is 0.311 e. The maximum absolute atomic E-state index is 11.7. The van der Waals surface area contributed by atoms with Crippen molar-refractivity contribution >= 4 is 28.4 Å². The Morgan fingerprint density at radius 1 is 1.41 bits per heavy atom. The largest absolute Gasteiger partial charge is 0.466 e. The molecule has 0 fully saturated rings. The molecule has 0 spiro atoms. The number of esters is 1. The fourth-order valence-electron chi connectivity index (χ4n) is 1.32. The molecule has 0 unspecified atom stereocenters. The minimum absolute atomic E-state index is 0.00870. The Bertz CT molecular complexity index is 417. The maximum Gasteiger partial charge on any atom is 0.311 e. The number of rotatable bonds is 5. The van der Waals surface area contributed by atoms with E-state index in [1.54, 1.807) is 14.0 Å². The molecule has 0 aliphatic carbocycles. The van der Waals surface area contributed by atoms with Gasteiger partial charge in [0.15, 0.2) is 0 Å². The summed E-state index contributed by atoms with van der Waals surface area (Å²) in [6.07, 6.45) is 0.00870. The highest BCUT2D eigenvalue weighted by Crippen LogP contribution is 2.24. The SMILES string of the molecule is CCOC(=O)Cc1nsc(NC)c1C(=O)NC. The van der Waals surface area contributed by atoms with E-state index >= 15 is 0 Å². The summed E-state index contributed by atoms with van der Waals surface area (Å²) in [7, 11) is 3.24. The van der Waals surface area contributed by atoms with Crippen molar-refractivity contribution in [3.05, 3.63) is 11.3 Å². The lowest BCUT2D eigenvalue weighted by atomic mass is 10.1. The Hall–Kier alpha value is -1.63. The number of aromatic nitrogens is 1. The number of hydrogen-bond donors (Lipinski definition) is 2. The summed E-state index contributed by atoms with van der Waals surface area (Å²) in [5.41, 5.74) is 0.852. The van der Waals surface area contributed by atoms with Crippen LogP contribution in [0.4, 0.5) is 5.00 Å². The molecule has 2 N–H and O–H groups in total. The molecule has 7 heteroatoms. The average molecular weight is 257 g/mol. The van der Waals surface area contributed by atoms with E-state index in [1.807, 2.05) is 0 Å². The maximum atomic E-state index is 11.7. The van der Waals surface area contributed by atoms with Gasteiger partial charge < -0.3 is 15.4 Å². The topological polar surface area (TPSA) is 80.3 Å². The molecule has 1 heterocycles. The third-order valence-corrected chi connectivity index (χ3v) is 2.96. The van der Waals surface area contributed by atoms with E-state index in [2.05, 4.69) is 15.0 Å². The van der Waals surface area contributed by atoms with E-state index in [1.165, 1.54) is 7.05 Å². The molecule has 17 heavy (non-hydrogen) atoms. The van der Waals surface area contributed by atoms with Crippen molar-refractivity contribution in [3.8, 4) is 0 Å². The van der Waals surface area contributed by atoms with Gasteiger partial charge in [0.1, 0.15) is 5.00 Å². The molecule has 0 atom stereocenters. The Morgan fingerprint density at radius 3 is 2.65 bits per heavy atom. The van der Waals surface area contributed by atoms with Gasteiger partial charge in [0, 0.05) is 14.1 Å². The van der Waals surface area contributed by atoms with Crippen LogP contribution in [-0.4, -0.2) is 37.0 Å². The van der Waals surface area contributed by atoms with Crippen molar-refractivity contribution < 1.29 is 14.3 Å². The van der Waals surface area contributed by atoms with Crippen molar-refractivity contribution in [3.63, 3.8) is 0 Å². The first-order valence-electron chi connectivity index (χ1n) is 5.18. The number of amides is 1. The molecule has 0 aliphatic rings. The van der Waals surface area contributed by atoms with Gasteiger partial charge in [-0.25, -0.2) is 0 Å². The van der Waals surface area contributed by atoms with Gasteiger partial charge in [-0.1, -0.05) is 0 Å². The van der Waals surface area contributed by atoms with E-state index in [-0.39, 0.29) is 18.3 Å². The zero-order chi connectivity index (χ0) is 12.8. The predicted molar refractivity (Wildman–Crippen MR) is 65.4 cm³/mol. The highest BCUT2D eigenvalue weighted by atomic mass is 32.1. The van der Waals surface area contributed by atoms with Crippen LogP contribution in [0.3, 0.4) is 0 Å². The van der Waals surface area contributed by atoms with Gasteiger partial charge in [0.25, 0.3) is 5.91 Å². The number of hydrogen-bond acceptors (Lipinski definition) is 6. The minimum atomic E-state index is -0.384. The molecule has 0 aliphatic heterocycles. The summed E-state index contributed by atoms with van der Waals surface area (Å²) in [6.45, 7) is 2.05. The quantitative estimate of drug-likeness (QED) is 0.757. The number of ether oxygens (including phenoxy) is 1. The van der Waals surface area contributed by atoms with Crippen molar-refractivity contribution in [2.45, 2.75) is 13.3 Å². The van der Waals surface area contributed by atoms with Crippen molar-refractivity contribution in [2.75, 3.05) is 26.0 Å². The fourth-order valence-corrected chi connectivity index (χ4v) is 2.07. The fraction of sp³-hybridized carbons (Fsp3) is 0.500. The van der Waals surface area contributed by atoms with Crippen LogP contribution in [0, 0.1) is 0 Å². The zero-order valence-corrected chi connectivity index (χ0v) is 10.8. The Balaban J connectivity index is 2.95. The summed E-state index contributed by atoms with van der Waals surface area (Å²) in [5, 5.41) is 6.05. The zero-order valence-electron chi connectivity index (χ0n) is 9.99. The van der Waals surface area contributed by atoms with Crippen LogP contribution < -0.4 is 10.6 Å². The lowest BCUT2D eigenvalue weighted by Crippen LogP contribution is -2.21. The molecule has 0 aromatic carbocycles. The first-order chi connectivity index (χ1) is 8.13. The summed E-state index contributed by atoms with van der Waals surface area (Å²) in [5.74, 6) is -0.645. The molecule has 94 valence electrons. The monoisotopic (exact) mass is 257 g/mol. The average Bonchev–Trinajstić information content (AvgIpc) is 2.71. The second kappa shape index (κ2) is 6.19. The van der Waals surface area contributed by atoms with Crippen molar-refractivity contribution in [1.82, 2.24) is 9.69 Å². The number of anilines is 1. The van der Waals surface area contributed by atoms with Crippen LogP contribution in [0.15, 0.2) is 0 Å². The summed E-state index contributed by atoms with van der Waals surface area (Å²) >= 11 is 1.15. The molecular weight excluding hydrogens is 242 g/mol. The standard InChI is InChI=1S/C10H15N3O3S/c1-4-16-7(14)5-6-8(9(15)11-2)10(12-3)17-13-6/h12H,4-5H2,1-3H3,(H,11,15). The van der Waals surface area contributed by atoms with Crippen LogP contribution >= 0.6 is 11.5 Å². The molecule has 6 nitrogen and oxygen atoms in total. The van der Waals surface area contributed by atoms with Gasteiger partial charge >= 0.3 is 5.97 Å².